The summed E-state index contributed by atoms with van der Waals surface area (Å²) >= 11 is 0. The molecule has 0 aliphatic rings. The van der Waals surface area contributed by atoms with Crippen LogP contribution in [0.4, 0.5) is 5.82 Å². The van der Waals surface area contributed by atoms with E-state index in [-0.39, 0.29) is 5.69 Å². The monoisotopic (exact) mass is 249 g/mol. The van der Waals surface area contributed by atoms with Crippen LogP contribution >= 0.6 is 0 Å². The fourth-order valence-electron chi connectivity index (χ4n) is 2.20. The molecule has 19 heavy (non-hydrogen) atoms. The third-order valence-electron chi connectivity index (χ3n) is 2.98. The van der Waals surface area contributed by atoms with Gasteiger partial charge in [0.25, 0.3) is 0 Å². The molecule has 0 saturated carbocycles. The van der Waals surface area contributed by atoms with Crippen molar-refractivity contribution in [3.05, 3.63) is 41.7 Å². The van der Waals surface area contributed by atoms with Crippen molar-refractivity contribution in [1.82, 2.24) is 15.0 Å². The minimum absolute atomic E-state index is 0.271. The van der Waals surface area contributed by atoms with Crippen LogP contribution in [0.2, 0.25) is 0 Å². The normalized spacial score (nSPS) is 10.5. The standard InChI is InChI=1S/C14H11N5/c1-8-13(10-4-2-3-5-11(10)17-8)14-18-9(7-15)6-12(16)19-14/h2-6,17H,1H3,(H2,16,18,19). The second kappa shape index (κ2) is 4.10. The van der Waals surface area contributed by atoms with Gasteiger partial charge in [0.2, 0.25) is 0 Å². The first-order valence-electron chi connectivity index (χ1n) is 5.81. The van der Waals surface area contributed by atoms with Gasteiger partial charge in [-0.3, -0.25) is 0 Å². The molecule has 0 unspecified atom stereocenters. The van der Waals surface area contributed by atoms with Crippen molar-refractivity contribution < 1.29 is 0 Å². The lowest BCUT2D eigenvalue weighted by Crippen LogP contribution is -1.98. The van der Waals surface area contributed by atoms with E-state index in [2.05, 4.69) is 15.0 Å². The molecule has 1 aromatic carbocycles. The Morgan fingerprint density at radius 2 is 2.05 bits per heavy atom. The molecule has 0 aliphatic heterocycles. The van der Waals surface area contributed by atoms with Gasteiger partial charge in [0.05, 0.1) is 0 Å². The predicted molar refractivity (Wildman–Crippen MR) is 73.2 cm³/mol. The molecule has 5 heteroatoms. The molecule has 3 N–H and O–H groups in total. The predicted octanol–water partition coefficient (Wildman–Crippen LogP) is 2.39. The molecule has 0 atom stereocenters. The van der Waals surface area contributed by atoms with Crippen LogP contribution in [0.5, 0.6) is 0 Å². The van der Waals surface area contributed by atoms with E-state index < -0.39 is 0 Å². The molecule has 0 amide bonds. The molecule has 3 rings (SSSR count). The zero-order valence-corrected chi connectivity index (χ0v) is 10.3. The van der Waals surface area contributed by atoms with Gasteiger partial charge < -0.3 is 10.7 Å². The third kappa shape index (κ3) is 1.79. The zero-order valence-electron chi connectivity index (χ0n) is 10.3. The Hall–Kier alpha value is -2.87. The number of benzene rings is 1. The molecule has 0 fully saturated rings. The van der Waals surface area contributed by atoms with E-state index in [9.17, 15) is 0 Å². The van der Waals surface area contributed by atoms with Crippen LogP contribution in [0.1, 0.15) is 11.4 Å². The molecule has 3 aromatic rings. The van der Waals surface area contributed by atoms with Crippen molar-refractivity contribution in [1.29, 1.82) is 5.26 Å². The third-order valence-corrected chi connectivity index (χ3v) is 2.98. The Balaban J connectivity index is 2.33. The van der Waals surface area contributed by atoms with Gasteiger partial charge in [-0.1, -0.05) is 18.2 Å². The highest BCUT2D eigenvalue weighted by atomic mass is 15.0. The Morgan fingerprint density at radius 1 is 1.26 bits per heavy atom. The van der Waals surface area contributed by atoms with Crippen LogP contribution < -0.4 is 5.73 Å². The molecule has 2 aromatic heterocycles. The van der Waals surface area contributed by atoms with Gasteiger partial charge in [0.15, 0.2) is 5.82 Å². The summed E-state index contributed by atoms with van der Waals surface area (Å²) in [7, 11) is 0. The Labute approximate surface area is 109 Å². The molecule has 2 heterocycles. The number of rotatable bonds is 1. The first-order valence-corrected chi connectivity index (χ1v) is 5.81. The summed E-state index contributed by atoms with van der Waals surface area (Å²) in [6, 6.07) is 11.4. The number of aromatic nitrogens is 3. The van der Waals surface area contributed by atoms with Gasteiger partial charge in [-0.2, -0.15) is 5.26 Å². The number of H-pyrrole nitrogens is 1. The lowest BCUT2D eigenvalue weighted by atomic mass is 10.1. The van der Waals surface area contributed by atoms with Crippen molar-refractivity contribution in [3.8, 4) is 17.5 Å². The zero-order chi connectivity index (χ0) is 13.4. The number of fused-ring (bicyclic) bond motifs is 1. The number of nitrogens with one attached hydrogen (secondary N) is 1. The number of nitrogen functional groups attached to an aromatic ring is 1. The van der Waals surface area contributed by atoms with Crippen molar-refractivity contribution >= 4 is 16.7 Å². The number of para-hydroxylation sites is 1. The molecular formula is C14H11N5. The molecular weight excluding hydrogens is 238 g/mol. The molecule has 92 valence electrons. The summed E-state index contributed by atoms with van der Waals surface area (Å²) < 4.78 is 0. The van der Waals surface area contributed by atoms with Gasteiger partial charge in [-0.15, -0.1) is 0 Å². The first-order chi connectivity index (χ1) is 9.19. The molecule has 0 bridgehead atoms. The van der Waals surface area contributed by atoms with Crippen LogP contribution in [0.25, 0.3) is 22.3 Å². The van der Waals surface area contributed by atoms with Crippen molar-refractivity contribution in [2.24, 2.45) is 0 Å². The average molecular weight is 249 g/mol. The first kappa shape index (κ1) is 11.2. The molecule has 0 radical (unpaired) electrons. The molecule has 0 saturated heterocycles. The molecule has 0 spiro atoms. The second-order valence-electron chi connectivity index (χ2n) is 4.28. The fraction of sp³-hybridized carbons (Fsp3) is 0.0714. The summed E-state index contributed by atoms with van der Waals surface area (Å²) in [6.07, 6.45) is 0. The van der Waals surface area contributed by atoms with E-state index in [4.69, 9.17) is 11.0 Å². The second-order valence-corrected chi connectivity index (χ2v) is 4.28. The van der Waals surface area contributed by atoms with Crippen LogP contribution in [-0.4, -0.2) is 15.0 Å². The number of hydrogen-bond donors (Lipinski definition) is 2. The van der Waals surface area contributed by atoms with E-state index >= 15 is 0 Å². The Kier molecular flexibility index (Phi) is 2.43. The smallest absolute Gasteiger partial charge is 0.165 e. The largest absolute Gasteiger partial charge is 0.384 e. The number of nitrogens with two attached hydrogens (primary N) is 1. The van der Waals surface area contributed by atoms with Gasteiger partial charge in [-0.05, 0) is 13.0 Å². The number of nitriles is 1. The highest BCUT2D eigenvalue weighted by molar-refractivity contribution is 5.95. The summed E-state index contributed by atoms with van der Waals surface area (Å²) in [5, 5.41) is 9.99. The van der Waals surface area contributed by atoms with Gasteiger partial charge in [-0.25, -0.2) is 9.97 Å². The number of aryl methyl sites for hydroxylation is 1. The van der Waals surface area contributed by atoms with E-state index in [0.29, 0.717) is 11.6 Å². The lowest BCUT2D eigenvalue weighted by Gasteiger charge is -2.02. The minimum atomic E-state index is 0.271. The molecule has 0 aliphatic carbocycles. The number of hydrogen-bond acceptors (Lipinski definition) is 4. The average Bonchev–Trinajstić information content (AvgIpc) is 2.73. The highest BCUT2D eigenvalue weighted by Gasteiger charge is 2.14. The Morgan fingerprint density at radius 3 is 2.84 bits per heavy atom. The quantitative estimate of drug-likeness (QED) is 0.692. The van der Waals surface area contributed by atoms with Gasteiger partial charge in [0.1, 0.15) is 17.6 Å². The van der Waals surface area contributed by atoms with Gasteiger partial charge in [0, 0.05) is 28.2 Å². The van der Waals surface area contributed by atoms with E-state index in [1.807, 2.05) is 37.3 Å². The van der Waals surface area contributed by atoms with Crippen molar-refractivity contribution in [2.45, 2.75) is 6.92 Å². The maximum Gasteiger partial charge on any atom is 0.165 e. The summed E-state index contributed by atoms with van der Waals surface area (Å²) in [6.45, 7) is 1.95. The number of anilines is 1. The highest BCUT2D eigenvalue weighted by Crippen LogP contribution is 2.30. The summed E-state index contributed by atoms with van der Waals surface area (Å²) in [4.78, 5) is 11.7. The molecule has 5 nitrogen and oxygen atoms in total. The maximum atomic E-state index is 8.96. The number of aromatic amines is 1. The minimum Gasteiger partial charge on any atom is -0.384 e. The Bertz CT molecular complexity index is 810. The summed E-state index contributed by atoms with van der Waals surface area (Å²) in [5.74, 6) is 0.776. The van der Waals surface area contributed by atoms with Crippen LogP contribution in [0.3, 0.4) is 0 Å². The van der Waals surface area contributed by atoms with Gasteiger partial charge >= 0.3 is 0 Å². The lowest BCUT2D eigenvalue weighted by molar-refractivity contribution is 1.15. The van der Waals surface area contributed by atoms with Crippen molar-refractivity contribution in [2.75, 3.05) is 5.73 Å². The van der Waals surface area contributed by atoms with Crippen LogP contribution in [-0.2, 0) is 0 Å². The summed E-state index contributed by atoms with van der Waals surface area (Å²) in [5.41, 5.74) is 8.85. The van der Waals surface area contributed by atoms with Crippen LogP contribution in [0.15, 0.2) is 30.3 Å². The number of nitrogens with zero attached hydrogens (tertiary/aromatic N) is 3. The van der Waals surface area contributed by atoms with Crippen LogP contribution in [0, 0.1) is 18.3 Å². The van der Waals surface area contributed by atoms with Crippen molar-refractivity contribution in [3.63, 3.8) is 0 Å². The maximum absolute atomic E-state index is 8.96. The van der Waals surface area contributed by atoms with E-state index in [1.54, 1.807) is 0 Å². The van der Waals surface area contributed by atoms with E-state index in [0.717, 1.165) is 22.2 Å². The SMILES string of the molecule is Cc1[nH]c2ccccc2c1-c1nc(N)cc(C#N)n1. The van der Waals surface area contributed by atoms with E-state index in [1.165, 1.54) is 6.07 Å². The topological polar surface area (TPSA) is 91.4 Å². The fourth-order valence-corrected chi connectivity index (χ4v) is 2.20.